The highest BCUT2D eigenvalue weighted by Gasteiger charge is 2.17. The fourth-order valence-corrected chi connectivity index (χ4v) is 4.77. The van der Waals surface area contributed by atoms with Crippen molar-refractivity contribution in [3.8, 4) is 33.8 Å². The van der Waals surface area contributed by atoms with E-state index in [9.17, 15) is 13.2 Å². The zero-order valence-electron chi connectivity index (χ0n) is 21.0. The zero-order valence-corrected chi connectivity index (χ0v) is 21.0. The van der Waals surface area contributed by atoms with Crippen LogP contribution in [-0.4, -0.2) is 54.5 Å². The molecule has 0 atom stereocenters. The van der Waals surface area contributed by atoms with Gasteiger partial charge in [-0.25, -0.2) is 23.1 Å². The lowest BCUT2D eigenvalue weighted by molar-refractivity contribution is 0.0874. The molecule has 6 rings (SSSR count). The van der Waals surface area contributed by atoms with Gasteiger partial charge in [0.05, 0.1) is 23.0 Å². The number of fused-ring (bicyclic) bond motifs is 2. The minimum atomic E-state index is -2.39. The molecule has 6 aromatic rings. The Balaban J connectivity index is 1.37. The number of benzene rings is 2. The van der Waals surface area contributed by atoms with Crippen molar-refractivity contribution in [3.63, 3.8) is 0 Å². The number of hydrogen-bond donors (Lipinski definition) is 2. The van der Waals surface area contributed by atoms with Crippen LogP contribution in [0.1, 0.15) is 12.5 Å². The summed E-state index contributed by atoms with van der Waals surface area (Å²) in [5.41, 5.74) is 6.73. The summed E-state index contributed by atoms with van der Waals surface area (Å²) in [6.45, 7) is 2.46. The lowest BCUT2D eigenvalue weighted by Gasteiger charge is -2.19. The van der Waals surface area contributed by atoms with Gasteiger partial charge in [-0.3, -0.25) is 15.0 Å². The van der Waals surface area contributed by atoms with Crippen LogP contribution in [0.15, 0.2) is 73.2 Å². The molecule has 0 unspecified atom stereocenters. The van der Waals surface area contributed by atoms with Gasteiger partial charge in [-0.15, -0.1) is 0 Å². The second kappa shape index (κ2) is 10.3. The van der Waals surface area contributed by atoms with Crippen molar-refractivity contribution in [2.75, 3.05) is 13.1 Å². The third-order valence-corrected chi connectivity index (χ3v) is 6.67. The van der Waals surface area contributed by atoms with Crippen molar-refractivity contribution in [3.05, 3.63) is 84.6 Å². The summed E-state index contributed by atoms with van der Waals surface area (Å²) < 4.78 is 39.7. The first-order valence-corrected chi connectivity index (χ1v) is 12.5. The number of aromatic amines is 2. The van der Waals surface area contributed by atoms with Gasteiger partial charge in [-0.1, -0.05) is 31.2 Å². The average Bonchev–Trinajstić information content (AvgIpc) is 3.56. The van der Waals surface area contributed by atoms with Gasteiger partial charge in [0, 0.05) is 41.8 Å². The number of nitrogens with zero attached hydrogens (tertiary/aromatic N) is 5. The van der Waals surface area contributed by atoms with E-state index >= 15 is 0 Å². The highest BCUT2D eigenvalue weighted by Crippen LogP contribution is 2.32. The molecule has 10 heteroatoms. The Morgan fingerprint density at radius 3 is 2.62 bits per heavy atom. The fourth-order valence-electron chi connectivity index (χ4n) is 4.77. The fraction of sp³-hybridized carbons (Fsp3) is 0.172. The number of hydrogen-bond acceptors (Lipinski definition) is 5. The van der Waals surface area contributed by atoms with E-state index in [1.807, 2.05) is 43.3 Å². The van der Waals surface area contributed by atoms with Gasteiger partial charge in [0.15, 0.2) is 11.5 Å². The van der Waals surface area contributed by atoms with Crippen LogP contribution >= 0.6 is 0 Å². The minimum Gasteiger partial charge on any atom is -0.337 e. The maximum Gasteiger partial charge on any atom is 0.251 e. The quantitative estimate of drug-likeness (QED) is 0.237. The molecule has 0 amide bonds. The van der Waals surface area contributed by atoms with Gasteiger partial charge in [-0.05, 0) is 48.0 Å². The Hall–Kier alpha value is -4.57. The summed E-state index contributed by atoms with van der Waals surface area (Å²) in [5.74, 6) is 0.265. The van der Waals surface area contributed by atoms with Gasteiger partial charge in [-0.2, -0.15) is 5.10 Å². The van der Waals surface area contributed by atoms with Gasteiger partial charge in [0.1, 0.15) is 11.5 Å². The van der Waals surface area contributed by atoms with E-state index in [1.165, 1.54) is 12.1 Å². The maximum absolute atomic E-state index is 13.9. The summed E-state index contributed by atoms with van der Waals surface area (Å²) in [6.07, 6.45) is 2.74. The van der Waals surface area contributed by atoms with E-state index in [0.717, 1.165) is 38.7 Å². The highest BCUT2D eigenvalue weighted by atomic mass is 19.3. The molecule has 39 heavy (non-hydrogen) atoms. The maximum atomic E-state index is 13.9. The van der Waals surface area contributed by atoms with Crippen LogP contribution in [0.5, 0.6) is 0 Å². The van der Waals surface area contributed by atoms with Crippen molar-refractivity contribution in [2.45, 2.75) is 19.9 Å². The summed E-state index contributed by atoms with van der Waals surface area (Å²) in [4.78, 5) is 18.7. The molecule has 4 aromatic heterocycles. The Kier molecular flexibility index (Phi) is 6.54. The van der Waals surface area contributed by atoms with Crippen molar-refractivity contribution in [1.82, 2.24) is 35.0 Å². The molecular formula is C29H24F3N7. The van der Waals surface area contributed by atoms with Crippen LogP contribution in [0.25, 0.3) is 55.8 Å². The van der Waals surface area contributed by atoms with Crippen molar-refractivity contribution >= 4 is 22.1 Å². The molecule has 7 nitrogen and oxygen atoms in total. The molecule has 0 aliphatic heterocycles. The van der Waals surface area contributed by atoms with E-state index in [4.69, 9.17) is 4.98 Å². The normalized spacial score (nSPS) is 11.8. The summed E-state index contributed by atoms with van der Waals surface area (Å²) in [6, 6.07) is 16.1. The third-order valence-electron chi connectivity index (χ3n) is 6.67. The number of alkyl halides is 2. The van der Waals surface area contributed by atoms with E-state index in [2.05, 4.69) is 25.1 Å². The largest absolute Gasteiger partial charge is 0.337 e. The van der Waals surface area contributed by atoms with Gasteiger partial charge in [0.25, 0.3) is 6.43 Å². The van der Waals surface area contributed by atoms with Crippen LogP contribution in [0, 0.1) is 5.82 Å². The molecule has 0 spiro atoms. The zero-order chi connectivity index (χ0) is 26.9. The summed E-state index contributed by atoms with van der Waals surface area (Å²) in [5, 5.41) is 8.15. The average molecular weight is 528 g/mol. The molecule has 2 aromatic carbocycles. The van der Waals surface area contributed by atoms with Gasteiger partial charge < -0.3 is 4.98 Å². The Morgan fingerprint density at radius 2 is 1.79 bits per heavy atom. The van der Waals surface area contributed by atoms with E-state index in [1.54, 1.807) is 29.6 Å². The predicted molar refractivity (Wildman–Crippen MR) is 145 cm³/mol. The van der Waals surface area contributed by atoms with Gasteiger partial charge >= 0.3 is 0 Å². The third kappa shape index (κ3) is 4.98. The molecule has 0 radical (unpaired) electrons. The summed E-state index contributed by atoms with van der Waals surface area (Å²) in [7, 11) is 0. The van der Waals surface area contributed by atoms with Crippen LogP contribution in [0.3, 0.4) is 0 Å². The number of H-pyrrole nitrogens is 2. The van der Waals surface area contributed by atoms with Crippen LogP contribution in [0.4, 0.5) is 13.2 Å². The SMILES string of the molecule is CCN(Cc1cncc(-c2cnc3n[nH]c(-c4nc5c(-c6cccc(F)c6)cccc5[nH]4)c3c2)c1)CC(F)F. The van der Waals surface area contributed by atoms with Crippen LogP contribution in [-0.2, 0) is 6.54 Å². The van der Waals surface area contributed by atoms with Crippen LogP contribution < -0.4 is 0 Å². The number of para-hydroxylation sites is 1. The lowest BCUT2D eigenvalue weighted by Crippen LogP contribution is -2.28. The molecule has 0 bridgehead atoms. The molecule has 4 heterocycles. The number of rotatable bonds is 8. The van der Waals surface area contributed by atoms with E-state index in [-0.39, 0.29) is 12.4 Å². The lowest BCUT2D eigenvalue weighted by atomic mass is 10.0. The number of aromatic nitrogens is 6. The second-order valence-electron chi connectivity index (χ2n) is 9.29. The Morgan fingerprint density at radius 1 is 0.949 bits per heavy atom. The molecular weight excluding hydrogens is 503 g/mol. The molecule has 0 fully saturated rings. The topological polar surface area (TPSA) is 86.4 Å². The molecule has 0 aliphatic carbocycles. The molecule has 0 saturated carbocycles. The number of halogens is 3. The first-order valence-electron chi connectivity index (χ1n) is 12.5. The van der Waals surface area contributed by atoms with Crippen molar-refractivity contribution in [2.24, 2.45) is 0 Å². The number of nitrogens with one attached hydrogen (secondary N) is 2. The van der Waals surface area contributed by atoms with Crippen molar-refractivity contribution in [1.29, 1.82) is 0 Å². The molecule has 0 saturated heterocycles. The van der Waals surface area contributed by atoms with E-state index in [0.29, 0.717) is 35.8 Å². The second-order valence-corrected chi connectivity index (χ2v) is 9.29. The smallest absolute Gasteiger partial charge is 0.251 e. The Labute approximate surface area is 221 Å². The first-order chi connectivity index (χ1) is 19.0. The molecule has 0 aliphatic rings. The number of imidazole rings is 1. The molecule has 196 valence electrons. The highest BCUT2D eigenvalue weighted by molar-refractivity contribution is 5.97. The van der Waals surface area contributed by atoms with Crippen molar-refractivity contribution < 1.29 is 13.2 Å². The van der Waals surface area contributed by atoms with Gasteiger partial charge in [0.2, 0.25) is 0 Å². The number of pyridine rings is 2. The first kappa shape index (κ1) is 24.7. The van der Waals surface area contributed by atoms with E-state index < -0.39 is 6.43 Å². The predicted octanol–water partition coefficient (Wildman–Crippen LogP) is 6.46. The summed E-state index contributed by atoms with van der Waals surface area (Å²) >= 11 is 0. The minimum absolute atomic E-state index is 0.287. The monoisotopic (exact) mass is 527 g/mol. The Bertz CT molecular complexity index is 1780. The standard InChI is InChI=1S/C29H24F3N7/c1-2-39(16-25(31)32)15-17-9-19(13-33-12-17)20-11-23-27(37-38-28(23)34-14-20)29-35-24-8-4-7-22(26(24)36-29)18-5-3-6-21(30)10-18/h3-14,25H,2,15-16H2,1H3,(H,35,36)(H,34,37,38). The van der Waals surface area contributed by atoms with Crippen LogP contribution in [0.2, 0.25) is 0 Å². The molecule has 2 N–H and O–H groups in total.